The van der Waals surface area contributed by atoms with Crippen LogP contribution in [0, 0.1) is 0 Å². The molecule has 0 saturated carbocycles. The number of hydrogen-bond acceptors (Lipinski definition) is 1. The second-order valence-electron chi connectivity index (χ2n) is 3.60. The average Bonchev–Trinajstić information content (AvgIpc) is 2.39. The van der Waals surface area contributed by atoms with Gasteiger partial charge in [-0.25, -0.2) is 0 Å². The van der Waals surface area contributed by atoms with Gasteiger partial charge in [-0.1, -0.05) is 66.5 Å². The lowest BCUT2D eigenvalue weighted by Crippen LogP contribution is -2.00. The molecular weight excluding hydrogens is 195 g/mol. The molecule has 0 aliphatic heterocycles. The molecule has 0 heterocycles. The van der Waals surface area contributed by atoms with Crippen LogP contribution in [0.25, 0.3) is 0 Å². The number of carbonyl (C=O) groups is 1. The van der Waals surface area contributed by atoms with E-state index in [1.54, 1.807) is 0 Å². The number of rotatable bonds is 3. The minimum Gasteiger partial charge on any atom is -0.289 e. The minimum absolute atomic E-state index is 0.0455. The largest absolute Gasteiger partial charge is 0.289 e. The molecule has 0 N–H and O–H groups in total. The Morgan fingerprint density at radius 1 is 0.875 bits per heavy atom. The zero-order chi connectivity index (χ0) is 11.4. The molecule has 0 aromatic heterocycles. The highest BCUT2D eigenvalue weighted by atomic mass is 16.1. The van der Waals surface area contributed by atoms with Crippen LogP contribution < -0.4 is 0 Å². The minimum atomic E-state index is 0.0455. The Bertz CT molecular complexity index is 474. The molecule has 76 valence electrons. The van der Waals surface area contributed by atoms with Crippen molar-refractivity contribution in [1.82, 2.24) is 0 Å². The van der Waals surface area contributed by atoms with Gasteiger partial charge in [0.25, 0.3) is 0 Å². The average molecular weight is 206 g/mol. The van der Waals surface area contributed by atoms with Crippen molar-refractivity contribution in [2.45, 2.75) is 6.32 Å². The van der Waals surface area contributed by atoms with E-state index in [9.17, 15) is 4.79 Å². The van der Waals surface area contributed by atoms with Gasteiger partial charge >= 0.3 is 0 Å². The van der Waals surface area contributed by atoms with Crippen LogP contribution in [0.1, 0.15) is 21.5 Å². The van der Waals surface area contributed by atoms with Crippen molar-refractivity contribution in [1.29, 1.82) is 0 Å². The normalized spacial score (nSPS) is 10.0. The van der Waals surface area contributed by atoms with Crippen molar-refractivity contribution in [2.75, 3.05) is 0 Å². The second kappa shape index (κ2) is 4.80. The fraction of sp³-hybridized carbons (Fsp3) is 0.0714. The zero-order valence-corrected chi connectivity index (χ0v) is 8.89. The molecule has 0 aliphatic carbocycles. The second-order valence-corrected chi connectivity index (χ2v) is 3.60. The van der Waals surface area contributed by atoms with E-state index in [-0.39, 0.29) is 5.78 Å². The number of benzene rings is 2. The zero-order valence-electron chi connectivity index (χ0n) is 8.89. The monoisotopic (exact) mass is 206 g/mol. The molecule has 0 unspecified atom stereocenters. The summed E-state index contributed by atoms with van der Waals surface area (Å²) in [4.78, 5) is 12.0. The molecule has 2 aromatic carbocycles. The van der Waals surface area contributed by atoms with Gasteiger partial charge < -0.3 is 0 Å². The van der Waals surface area contributed by atoms with Crippen LogP contribution in [0.5, 0.6) is 0 Å². The Labute approximate surface area is 96.5 Å². The SMILES string of the molecule is [B]Cc1ccc(C(=O)c2ccccc2)cc1. The summed E-state index contributed by atoms with van der Waals surface area (Å²) >= 11 is 0. The summed E-state index contributed by atoms with van der Waals surface area (Å²) < 4.78 is 0. The third-order valence-corrected chi connectivity index (χ3v) is 2.49. The number of ketones is 1. The predicted octanol–water partition coefficient (Wildman–Crippen LogP) is 2.59. The first-order chi connectivity index (χ1) is 7.81. The van der Waals surface area contributed by atoms with Gasteiger partial charge in [0, 0.05) is 11.1 Å². The molecule has 2 heteroatoms. The summed E-state index contributed by atoms with van der Waals surface area (Å²) in [5, 5.41) is 0. The van der Waals surface area contributed by atoms with E-state index in [1.165, 1.54) is 0 Å². The van der Waals surface area contributed by atoms with E-state index >= 15 is 0 Å². The maximum Gasteiger partial charge on any atom is 0.193 e. The fourth-order valence-corrected chi connectivity index (χ4v) is 1.55. The highest BCUT2D eigenvalue weighted by molar-refractivity contribution is 6.09. The summed E-state index contributed by atoms with van der Waals surface area (Å²) in [5.41, 5.74) is 2.44. The molecule has 2 aromatic rings. The first kappa shape index (κ1) is 10.7. The fourth-order valence-electron chi connectivity index (χ4n) is 1.55. The first-order valence-electron chi connectivity index (χ1n) is 5.20. The lowest BCUT2D eigenvalue weighted by molar-refractivity contribution is 0.103. The first-order valence-corrected chi connectivity index (χ1v) is 5.20. The predicted molar refractivity (Wildman–Crippen MR) is 65.8 cm³/mol. The molecule has 2 rings (SSSR count). The number of carbonyl (C=O) groups excluding carboxylic acids is 1. The quantitative estimate of drug-likeness (QED) is 0.557. The van der Waals surface area contributed by atoms with Crippen LogP contribution in [0.3, 0.4) is 0 Å². The highest BCUT2D eigenvalue weighted by Crippen LogP contribution is 2.10. The van der Waals surface area contributed by atoms with Crippen LogP contribution >= 0.6 is 0 Å². The Balaban J connectivity index is 2.28. The van der Waals surface area contributed by atoms with E-state index < -0.39 is 0 Å². The summed E-state index contributed by atoms with van der Waals surface area (Å²) in [7, 11) is 5.50. The van der Waals surface area contributed by atoms with E-state index in [0.717, 1.165) is 5.56 Å². The third-order valence-electron chi connectivity index (χ3n) is 2.49. The molecule has 0 fully saturated rings. The van der Waals surface area contributed by atoms with Crippen molar-refractivity contribution in [2.24, 2.45) is 0 Å². The van der Waals surface area contributed by atoms with Crippen molar-refractivity contribution in [3.05, 3.63) is 71.3 Å². The summed E-state index contributed by atoms with van der Waals surface area (Å²) in [6.45, 7) is 0. The molecule has 1 nitrogen and oxygen atoms in total. The maximum atomic E-state index is 12.0. The smallest absolute Gasteiger partial charge is 0.193 e. The third kappa shape index (κ3) is 2.22. The lowest BCUT2D eigenvalue weighted by Gasteiger charge is -2.02. The maximum absolute atomic E-state index is 12.0. The molecule has 0 atom stereocenters. The van der Waals surface area contributed by atoms with Gasteiger partial charge in [0.1, 0.15) is 0 Å². The van der Waals surface area contributed by atoms with Gasteiger partial charge in [0.15, 0.2) is 5.78 Å². The van der Waals surface area contributed by atoms with Crippen LogP contribution in [0.4, 0.5) is 0 Å². The van der Waals surface area contributed by atoms with Crippen LogP contribution in [-0.4, -0.2) is 13.6 Å². The molecular formula is C14H11BO. The van der Waals surface area contributed by atoms with Gasteiger partial charge in [-0.3, -0.25) is 4.79 Å². The van der Waals surface area contributed by atoms with Crippen LogP contribution in [0.2, 0.25) is 0 Å². The molecule has 0 saturated heterocycles. The van der Waals surface area contributed by atoms with Crippen molar-refractivity contribution in [3.63, 3.8) is 0 Å². The summed E-state index contributed by atoms with van der Waals surface area (Å²) in [5.74, 6) is 0.0455. The van der Waals surface area contributed by atoms with Crippen LogP contribution in [0.15, 0.2) is 54.6 Å². The Morgan fingerprint density at radius 3 is 2.00 bits per heavy atom. The van der Waals surface area contributed by atoms with Crippen LogP contribution in [-0.2, 0) is 6.32 Å². The summed E-state index contributed by atoms with van der Waals surface area (Å²) in [6, 6.07) is 16.7. The van der Waals surface area contributed by atoms with E-state index in [0.29, 0.717) is 17.4 Å². The Hall–Kier alpha value is -1.83. The van der Waals surface area contributed by atoms with Crippen molar-refractivity contribution in [3.8, 4) is 0 Å². The topological polar surface area (TPSA) is 17.1 Å². The van der Waals surface area contributed by atoms with Gasteiger partial charge in [-0.05, 0) is 0 Å². The summed E-state index contributed by atoms with van der Waals surface area (Å²) in [6.07, 6.45) is 0.500. The molecule has 0 spiro atoms. The van der Waals surface area contributed by atoms with E-state index in [4.69, 9.17) is 7.85 Å². The molecule has 0 bridgehead atoms. The molecule has 0 amide bonds. The standard InChI is InChI=1S/C14H11BO/c15-10-11-6-8-13(9-7-11)14(16)12-4-2-1-3-5-12/h1-9H,10H2. The molecule has 16 heavy (non-hydrogen) atoms. The Morgan fingerprint density at radius 2 is 1.44 bits per heavy atom. The van der Waals surface area contributed by atoms with Gasteiger partial charge in [0.05, 0.1) is 7.85 Å². The van der Waals surface area contributed by atoms with Crippen molar-refractivity contribution < 1.29 is 4.79 Å². The van der Waals surface area contributed by atoms with E-state index in [2.05, 4.69) is 0 Å². The van der Waals surface area contributed by atoms with Crippen molar-refractivity contribution >= 4 is 13.6 Å². The van der Waals surface area contributed by atoms with Gasteiger partial charge in [-0.15, -0.1) is 0 Å². The van der Waals surface area contributed by atoms with Gasteiger partial charge in [0.2, 0.25) is 0 Å². The molecule has 2 radical (unpaired) electrons. The van der Waals surface area contributed by atoms with Gasteiger partial charge in [-0.2, -0.15) is 0 Å². The number of hydrogen-bond donors (Lipinski definition) is 0. The lowest BCUT2D eigenvalue weighted by atomic mass is 9.95. The highest BCUT2D eigenvalue weighted by Gasteiger charge is 2.07. The molecule has 0 aliphatic rings. The van der Waals surface area contributed by atoms with E-state index in [1.807, 2.05) is 54.6 Å². The Kier molecular flexibility index (Phi) is 3.20.